The van der Waals surface area contributed by atoms with Crippen LogP contribution in [0.2, 0.25) is 0 Å². The van der Waals surface area contributed by atoms with Gasteiger partial charge in [-0.15, -0.1) is 0 Å². The minimum Gasteiger partial charge on any atom is -0.493 e. The van der Waals surface area contributed by atoms with E-state index in [1.807, 2.05) is 13.8 Å². The summed E-state index contributed by atoms with van der Waals surface area (Å²) in [5.41, 5.74) is 1.04. The topological polar surface area (TPSA) is 117 Å². The van der Waals surface area contributed by atoms with Crippen LogP contribution in [0, 0.1) is 11.7 Å². The largest absolute Gasteiger partial charge is 0.493 e. The number of nitrogens with one attached hydrogen (secondary N) is 2. The van der Waals surface area contributed by atoms with Gasteiger partial charge in [-0.25, -0.2) is 14.1 Å². The quantitative estimate of drug-likeness (QED) is 0.449. The van der Waals surface area contributed by atoms with Gasteiger partial charge in [-0.1, -0.05) is 13.8 Å². The molecular formula is C26H30FN5O4S. The van der Waals surface area contributed by atoms with E-state index in [1.54, 1.807) is 18.2 Å². The van der Waals surface area contributed by atoms with Crippen LogP contribution >= 0.6 is 0 Å². The number of anilines is 1. The molecule has 1 saturated carbocycles. The van der Waals surface area contributed by atoms with Crippen molar-refractivity contribution in [2.75, 3.05) is 18.1 Å². The van der Waals surface area contributed by atoms with Crippen LogP contribution in [0.1, 0.15) is 56.3 Å². The summed E-state index contributed by atoms with van der Waals surface area (Å²) < 4.78 is 47.7. The first kappa shape index (κ1) is 25.2. The Balaban J connectivity index is 1.54. The van der Waals surface area contributed by atoms with Gasteiger partial charge in [0, 0.05) is 23.7 Å². The molecule has 1 aromatic carbocycles. The molecular weight excluding hydrogens is 497 g/mol. The second-order valence-electron chi connectivity index (χ2n) is 10.1. The number of ether oxygens (including phenoxy) is 1. The Hall–Kier alpha value is -3.47. The van der Waals surface area contributed by atoms with Crippen LogP contribution in [0.5, 0.6) is 5.75 Å². The number of pyridine rings is 1. The highest BCUT2D eigenvalue weighted by Crippen LogP contribution is 2.48. The minimum absolute atomic E-state index is 0.0869. The van der Waals surface area contributed by atoms with Crippen LogP contribution in [-0.4, -0.2) is 48.2 Å². The molecule has 0 bridgehead atoms. The summed E-state index contributed by atoms with van der Waals surface area (Å²) in [5.74, 6) is -0.160. The molecule has 2 N–H and O–H groups in total. The summed E-state index contributed by atoms with van der Waals surface area (Å²) in [6.45, 7) is 5.17. The molecule has 3 aromatic rings. The minimum atomic E-state index is -4.14. The van der Waals surface area contributed by atoms with E-state index >= 15 is 0 Å². The van der Waals surface area contributed by atoms with Gasteiger partial charge < -0.3 is 9.64 Å². The lowest BCUT2D eigenvalue weighted by molar-refractivity contribution is 0.0981. The number of H-pyrrole nitrogens is 1. The first-order valence-electron chi connectivity index (χ1n) is 12.5. The average molecular weight is 528 g/mol. The van der Waals surface area contributed by atoms with Gasteiger partial charge in [0.2, 0.25) is 0 Å². The summed E-state index contributed by atoms with van der Waals surface area (Å²) in [7, 11) is -4.14. The Morgan fingerprint density at radius 1 is 1.19 bits per heavy atom. The van der Waals surface area contributed by atoms with E-state index in [9.17, 15) is 17.6 Å². The molecule has 5 rings (SSSR count). The molecule has 3 heterocycles. The number of sulfonamides is 1. The fourth-order valence-electron chi connectivity index (χ4n) is 5.05. The molecule has 0 unspecified atom stereocenters. The number of carbonyl (C=O) groups excluding carboxylic acids is 1. The van der Waals surface area contributed by atoms with E-state index in [1.165, 1.54) is 24.4 Å². The third-order valence-electron chi connectivity index (χ3n) is 7.00. The first-order valence-corrected chi connectivity index (χ1v) is 13.9. The van der Waals surface area contributed by atoms with Crippen LogP contribution < -0.4 is 14.4 Å². The Bertz CT molecular complexity index is 1400. The third kappa shape index (κ3) is 5.04. The van der Waals surface area contributed by atoms with Gasteiger partial charge in [0.15, 0.2) is 5.03 Å². The zero-order chi connectivity index (χ0) is 26.2. The monoisotopic (exact) mass is 527 g/mol. The van der Waals surface area contributed by atoms with Gasteiger partial charge in [-0.2, -0.15) is 13.5 Å². The molecule has 1 spiro atoms. The third-order valence-corrected chi connectivity index (χ3v) is 8.26. The van der Waals surface area contributed by atoms with E-state index in [0.717, 1.165) is 32.1 Å². The molecule has 2 aliphatic rings. The average Bonchev–Trinajstić information content (AvgIpc) is 3.52. The smallest absolute Gasteiger partial charge is 0.281 e. The summed E-state index contributed by atoms with van der Waals surface area (Å²) in [5, 5.41) is 5.81. The second kappa shape index (κ2) is 9.77. The molecule has 1 amide bonds. The summed E-state index contributed by atoms with van der Waals surface area (Å²) in [6.07, 6.45) is 6.29. The highest BCUT2D eigenvalue weighted by molar-refractivity contribution is 7.90. The number of rotatable bonds is 8. The van der Waals surface area contributed by atoms with Crippen molar-refractivity contribution in [3.8, 4) is 17.0 Å². The number of hydrogen-bond donors (Lipinski definition) is 2. The van der Waals surface area contributed by atoms with Gasteiger partial charge in [-0.3, -0.25) is 9.89 Å². The summed E-state index contributed by atoms with van der Waals surface area (Å²) >= 11 is 0. The number of nitrogens with zero attached hydrogens (tertiary/aromatic N) is 3. The van der Waals surface area contributed by atoms with Gasteiger partial charge in [0.1, 0.15) is 17.4 Å². The Morgan fingerprint density at radius 2 is 1.97 bits per heavy atom. The van der Waals surface area contributed by atoms with Gasteiger partial charge >= 0.3 is 0 Å². The molecule has 0 radical (unpaired) electrons. The molecule has 37 heavy (non-hydrogen) atoms. The Kier molecular flexibility index (Phi) is 6.65. The lowest BCUT2D eigenvalue weighted by Crippen LogP contribution is -2.50. The highest BCUT2D eigenvalue weighted by atomic mass is 32.2. The van der Waals surface area contributed by atoms with E-state index in [2.05, 4.69) is 19.8 Å². The maximum Gasteiger partial charge on any atom is 0.281 e. The molecule has 1 aliphatic heterocycles. The summed E-state index contributed by atoms with van der Waals surface area (Å²) in [6, 6.07) is 8.86. The van der Waals surface area contributed by atoms with Crippen LogP contribution in [0.15, 0.2) is 47.6 Å². The van der Waals surface area contributed by atoms with Crippen molar-refractivity contribution in [2.45, 2.75) is 56.5 Å². The van der Waals surface area contributed by atoms with E-state index < -0.39 is 21.7 Å². The number of hydrogen-bond acceptors (Lipinski definition) is 7. The zero-order valence-corrected chi connectivity index (χ0v) is 21.6. The molecule has 0 atom stereocenters. The molecule has 9 nitrogen and oxygen atoms in total. The SMILES string of the molecule is CC(C)COc1cc(F)cc(-c2ccc(C(=O)NS(=O)(=O)c3ccn[nH]3)c(N3CCCC34CCC4)n2)c1. The lowest BCUT2D eigenvalue weighted by atomic mass is 9.75. The molecule has 196 valence electrons. The first-order chi connectivity index (χ1) is 17.7. The van der Waals surface area contributed by atoms with Crippen LogP contribution in [-0.2, 0) is 10.0 Å². The predicted molar refractivity (Wildman–Crippen MR) is 136 cm³/mol. The van der Waals surface area contributed by atoms with Crippen molar-refractivity contribution >= 4 is 21.7 Å². The predicted octanol–water partition coefficient (Wildman–Crippen LogP) is 4.29. The number of aromatic nitrogens is 3. The normalized spacial score (nSPS) is 16.7. The maximum atomic E-state index is 14.5. The number of amides is 1. The van der Waals surface area contributed by atoms with Crippen molar-refractivity contribution in [3.05, 3.63) is 54.0 Å². The number of halogens is 1. The van der Waals surface area contributed by atoms with Crippen molar-refractivity contribution in [3.63, 3.8) is 0 Å². The number of benzene rings is 1. The Morgan fingerprint density at radius 3 is 2.65 bits per heavy atom. The van der Waals surface area contributed by atoms with Gasteiger partial charge in [-0.05, 0) is 68.4 Å². The number of aromatic amines is 1. The molecule has 1 aliphatic carbocycles. The fraction of sp³-hybridized carbons (Fsp3) is 0.423. The van der Waals surface area contributed by atoms with Crippen LogP contribution in [0.4, 0.5) is 10.2 Å². The van der Waals surface area contributed by atoms with E-state index in [0.29, 0.717) is 36.0 Å². The van der Waals surface area contributed by atoms with Gasteiger partial charge in [0.25, 0.3) is 15.9 Å². The molecule has 2 aromatic heterocycles. The Labute approximate surface area is 215 Å². The van der Waals surface area contributed by atoms with E-state index in [-0.39, 0.29) is 22.0 Å². The van der Waals surface area contributed by atoms with Crippen molar-refractivity contribution < 1.29 is 22.3 Å². The standard InChI is InChI=1S/C26H30FN5O4S/c1-17(2)16-36-20-14-18(13-19(27)15-20)22-6-5-21(25(33)31-37(34,35)23-7-11-28-30-23)24(29-22)32-12-4-10-26(32)8-3-9-26/h5-7,11,13-15,17H,3-4,8-10,12,16H2,1-2H3,(H,28,30)(H,31,33). The van der Waals surface area contributed by atoms with E-state index in [4.69, 9.17) is 9.72 Å². The van der Waals surface area contributed by atoms with Crippen LogP contribution in [0.25, 0.3) is 11.3 Å². The van der Waals surface area contributed by atoms with Gasteiger partial charge in [0.05, 0.1) is 24.1 Å². The zero-order valence-electron chi connectivity index (χ0n) is 20.8. The van der Waals surface area contributed by atoms with Crippen LogP contribution in [0.3, 0.4) is 0 Å². The van der Waals surface area contributed by atoms with Crippen molar-refractivity contribution in [1.82, 2.24) is 19.9 Å². The second-order valence-corrected chi connectivity index (χ2v) is 11.8. The fourth-order valence-corrected chi connectivity index (χ4v) is 5.92. The molecule has 2 fully saturated rings. The molecule has 11 heteroatoms. The molecule has 1 saturated heterocycles. The number of carbonyl (C=O) groups is 1. The highest BCUT2D eigenvalue weighted by Gasteiger charge is 2.47. The van der Waals surface area contributed by atoms with Crippen molar-refractivity contribution in [1.29, 1.82) is 0 Å². The maximum absolute atomic E-state index is 14.5. The lowest BCUT2D eigenvalue weighted by Gasteiger charge is -2.47. The van der Waals surface area contributed by atoms with Crippen molar-refractivity contribution in [2.24, 2.45) is 5.92 Å². The summed E-state index contributed by atoms with van der Waals surface area (Å²) in [4.78, 5) is 20.2.